The van der Waals surface area contributed by atoms with Gasteiger partial charge in [0.25, 0.3) is 5.91 Å². The van der Waals surface area contributed by atoms with Crippen LogP contribution in [0.15, 0.2) is 35.3 Å². The van der Waals surface area contributed by atoms with Gasteiger partial charge in [-0.25, -0.2) is 0 Å². The number of rotatable bonds is 3. The van der Waals surface area contributed by atoms with Gasteiger partial charge in [0.1, 0.15) is 5.56 Å². The number of nitrogens with one attached hydrogen (secondary N) is 2. The van der Waals surface area contributed by atoms with Gasteiger partial charge >= 0.3 is 0 Å². The Morgan fingerprint density at radius 1 is 1.13 bits per heavy atom. The van der Waals surface area contributed by atoms with E-state index in [1.165, 1.54) is 19.0 Å². The first-order chi connectivity index (χ1) is 11.2. The molecule has 0 unspecified atom stereocenters. The molecule has 2 heterocycles. The van der Waals surface area contributed by atoms with Crippen LogP contribution in [0, 0.1) is 0 Å². The summed E-state index contributed by atoms with van der Waals surface area (Å²) < 4.78 is 0. The average Bonchev–Trinajstić information content (AvgIpc) is 3.41. The van der Waals surface area contributed by atoms with Crippen molar-refractivity contribution in [2.24, 2.45) is 0 Å². The third-order valence-electron chi connectivity index (χ3n) is 4.96. The summed E-state index contributed by atoms with van der Waals surface area (Å²) >= 11 is 0. The van der Waals surface area contributed by atoms with Crippen LogP contribution in [0.25, 0.3) is 10.9 Å². The molecule has 120 valence electrons. The predicted octanol–water partition coefficient (Wildman–Crippen LogP) is 1.88. The number of likely N-dealkylation sites (tertiary alicyclic amines) is 1. The molecule has 1 saturated heterocycles. The van der Waals surface area contributed by atoms with Crippen molar-refractivity contribution >= 4 is 16.8 Å². The molecule has 0 spiro atoms. The van der Waals surface area contributed by atoms with Gasteiger partial charge in [0.05, 0.1) is 0 Å². The fraction of sp³-hybridized carbons (Fsp3) is 0.444. The minimum Gasteiger partial charge on any atom is -0.360 e. The quantitative estimate of drug-likeness (QED) is 0.910. The minimum absolute atomic E-state index is 0.170. The second kappa shape index (κ2) is 5.81. The number of benzene rings is 1. The Bertz CT molecular complexity index is 786. The summed E-state index contributed by atoms with van der Waals surface area (Å²) in [5.74, 6) is -0.262. The number of pyridine rings is 1. The first-order valence-corrected chi connectivity index (χ1v) is 8.38. The van der Waals surface area contributed by atoms with Crippen molar-refractivity contribution in [3.05, 3.63) is 46.2 Å². The first kappa shape index (κ1) is 14.5. The normalized spacial score (nSPS) is 19.8. The Balaban J connectivity index is 1.47. The predicted molar refractivity (Wildman–Crippen MR) is 89.7 cm³/mol. The van der Waals surface area contributed by atoms with E-state index in [2.05, 4.69) is 15.2 Å². The molecule has 1 saturated carbocycles. The van der Waals surface area contributed by atoms with Gasteiger partial charge < -0.3 is 15.2 Å². The standard InChI is InChI=1S/C18H21N3O2/c22-17-14-3-1-2-4-16(14)19-11-15(17)18(23)20-12-7-9-21(10-8-12)13-5-6-13/h1-4,11-13H,5-10H2,(H,19,22)(H,20,23). The summed E-state index contributed by atoms with van der Waals surface area (Å²) in [6, 6.07) is 8.22. The molecule has 1 aromatic heterocycles. The number of hydrogen-bond donors (Lipinski definition) is 2. The Morgan fingerprint density at radius 3 is 2.61 bits per heavy atom. The third-order valence-corrected chi connectivity index (χ3v) is 4.96. The van der Waals surface area contributed by atoms with Crippen LogP contribution in [0.1, 0.15) is 36.0 Å². The van der Waals surface area contributed by atoms with Gasteiger partial charge in [-0.05, 0) is 37.8 Å². The van der Waals surface area contributed by atoms with E-state index in [0.717, 1.165) is 37.5 Å². The lowest BCUT2D eigenvalue weighted by Gasteiger charge is -2.32. The highest BCUT2D eigenvalue weighted by Gasteiger charge is 2.32. The molecular weight excluding hydrogens is 290 g/mol. The van der Waals surface area contributed by atoms with Gasteiger partial charge in [-0.2, -0.15) is 0 Å². The summed E-state index contributed by atoms with van der Waals surface area (Å²) in [6.45, 7) is 2.09. The highest BCUT2D eigenvalue weighted by atomic mass is 16.2. The molecule has 1 amide bonds. The maximum atomic E-state index is 12.5. The van der Waals surface area contributed by atoms with E-state index in [-0.39, 0.29) is 22.9 Å². The second-order valence-electron chi connectivity index (χ2n) is 6.59. The number of nitrogens with zero attached hydrogens (tertiary/aromatic N) is 1. The van der Waals surface area contributed by atoms with Crippen molar-refractivity contribution in [2.45, 2.75) is 37.8 Å². The molecule has 1 aromatic carbocycles. The third kappa shape index (κ3) is 2.88. The average molecular weight is 311 g/mol. The fourth-order valence-corrected chi connectivity index (χ4v) is 3.45. The number of carbonyl (C=O) groups excluding carboxylic acids is 1. The zero-order valence-corrected chi connectivity index (χ0v) is 13.0. The molecule has 1 aliphatic carbocycles. The lowest BCUT2D eigenvalue weighted by molar-refractivity contribution is 0.0908. The van der Waals surface area contributed by atoms with Crippen molar-refractivity contribution in [1.82, 2.24) is 15.2 Å². The number of H-pyrrole nitrogens is 1. The number of para-hydroxylation sites is 1. The second-order valence-corrected chi connectivity index (χ2v) is 6.59. The molecule has 2 fully saturated rings. The number of aromatic amines is 1. The van der Waals surface area contributed by atoms with Crippen molar-refractivity contribution in [3.63, 3.8) is 0 Å². The topological polar surface area (TPSA) is 65.2 Å². The van der Waals surface area contributed by atoms with Crippen LogP contribution in [0.2, 0.25) is 0 Å². The molecule has 2 aromatic rings. The Kier molecular flexibility index (Phi) is 3.65. The monoisotopic (exact) mass is 311 g/mol. The number of piperidine rings is 1. The summed E-state index contributed by atoms with van der Waals surface area (Å²) in [7, 11) is 0. The van der Waals surface area contributed by atoms with E-state index >= 15 is 0 Å². The molecule has 5 heteroatoms. The number of hydrogen-bond acceptors (Lipinski definition) is 3. The highest BCUT2D eigenvalue weighted by molar-refractivity contribution is 5.97. The van der Waals surface area contributed by atoms with Crippen molar-refractivity contribution in [2.75, 3.05) is 13.1 Å². The van der Waals surface area contributed by atoms with Crippen LogP contribution >= 0.6 is 0 Å². The zero-order chi connectivity index (χ0) is 15.8. The van der Waals surface area contributed by atoms with E-state index < -0.39 is 0 Å². The van der Waals surface area contributed by atoms with E-state index in [1.807, 2.05) is 18.2 Å². The molecule has 1 aliphatic heterocycles. The molecule has 0 radical (unpaired) electrons. The van der Waals surface area contributed by atoms with Crippen molar-refractivity contribution in [1.29, 1.82) is 0 Å². The Morgan fingerprint density at radius 2 is 1.87 bits per heavy atom. The zero-order valence-electron chi connectivity index (χ0n) is 13.0. The van der Waals surface area contributed by atoms with Crippen molar-refractivity contribution < 1.29 is 4.79 Å². The summed E-state index contributed by atoms with van der Waals surface area (Å²) in [4.78, 5) is 30.5. The summed E-state index contributed by atoms with van der Waals surface area (Å²) in [5, 5.41) is 3.59. The molecule has 4 rings (SSSR count). The molecule has 2 aliphatic rings. The van der Waals surface area contributed by atoms with E-state index in [9.17, 15) is 9.59 Å². The van der Waals surface area contributed by atoms with Crippen LogP contribution < -0.4 is 10.7 Å². The maximum absolute atomic E-state index is 12.5. The lowest BCUT2D eigenvalue weighted by Crippen LogP contribution is -2.46. The number of fused-ring (bicyclic) bond motifs is 1. The lowest BCUT2D eigenvalue weighted by atomic mass is 10.0. The molecule has 5 nitrogen and oxygen atoms in total. The number of amides is 1. The smallest absolute Gasteiger partial charge is 0.256 e. The van der Waals surface area contributed by atoms with E-state index in [0.29, 0.717) is 5.39 Å². The van der Waals surface area contributed by atoms with Gasteiger partial charge in [-0.15, -0.1) is 0 Å². The largest absolute Gasteiger partial charge is 0.360 e. The first-order valence-electron chi connectivity index (χ1n) is 8.38. The molecular formula is C18H21N3O2. The van der Waals surface area contributed by atoms with Gasteiger partial charge in [-0.1, -0.05) is 12.1 Å². The van der Waals surface area contributed by atoms with E-state index in [1.54, 1.807) is 6.07 Å². The summed E-state index contributed by atoms with van der Waals surface area (Å²) in [5.41, 5.74) is 0.757. The van der Waals surface area contributed by atoms with Crippen LogP contribution in [0.4, 0.5) is 0 Å². The van der Waals surface area contributed by atoms with Gasteiger partial charge in [0.2, 0.25) is 5.43 Å². The van der Waals surface area contributed by atoms with Crippen LogP contribution in [0.5, 0.6) is 0 Å². The molecule has 0 bridgehead atoms. The molecule has 0 atom stereocenters. The molecule has 2 N–H and O–H groups in total. The summed E-state index contributed by atoms with van der Waals surface area (Å²) in [6.07, 6.45) is 6.10. The fourth-order valence-electron chi connectivity index (χ4n) is 3.45. The maximum Gasteiger partial charge on any atom is 0.256 e. The Hall–Kier alpha value is -2.14. The highest BCUT2D eigenvalue weighted by Crippen LogP contribution is 2.29. The number of aromatic nitrogens is 1. The van der Waals surface area contributed by atoms with E-state index in [4.69, 9.17) is 0 Å². The SMILES string of the molecule is O=C(NC1CCN(C2CC2)CC1)c1c[nH]c2ccccc2c1=O. The Labute approximate surface area is 134 Å². The minimum atomic E-state index is -0.262. The van der Waals surface area contributed by atoms with Crippen LogP contribution in [0.3, 0.4) is 0 Å². The number of carbonyl (C=O) groups is 1. The van der Waals surface area contributed by atoms with Gasteiger partial charge in [0, 0.05) is 42.3 Å². The van der Waals surface area contributed by atoms with Crippen LogP contribution in [-0.2, 0) is 0 Å². The van der Waals surface area contributed by atoms with Crippen molar-refractivity contribution in [3.8, 4) is 0 Å². The molecule has 23 heavy (non-hydrogen) atoms. The van der Waals surface area contributed by atoms with Gasteiger partial charge in [0.15, 0.2) is 0 Å². The van der Waals surface area contributed by atoms with Crippen LogP contribution in [-0.4, -0.2) is 41.0 Å². The van der Waals surface area contributed by atoms with Gasteiger partial charge in [-0.3, -0.25) is 9.59 Å².